The predicted molar refractivity (Wildman–Crippen MR) is 90.0 cm³/mol. The summed E-state index contributed by atoms with van der Waals surface area (Å²) in [5, 5.41) is 7.03. The maximum Gasteiger partial charge on any atom is 0.266 e. The second kappa shape index (κ2) is 7.46. The number of nitrogens with one attached hydrogen (secondary N) is 1. The number of hydrogen-bond donors (Lipinski definition) is 1. The van der Waals surface area contributed by atoms with Crippen LogP contribution in [0.15, 0.2) is 41.2 Å². The Labute approximate surface area is 144 Å². The fraction of sp³-hybridized carbons (Fsp3) is 0.389. The Morgan fingerprint density at radius 1 is 1.40 bits per heavy atom. The van der Waals surface area contributed by atoms with E-state index in [9.17, 15) is 14.0 Å². The van der Waals surface area contributed by atoms with Crippen molar-refractivity contribution in [2.75, 3.05) is 6.54 Å². The highest BCUT2D eigenvalue weighted by atomic mass is 19.1. The fourth-order valence-corrected chi connectivity index (χ4v) is 2.45. The van der Waals surface area contributed by atoms with E-state index in [4.69, 9.17) is 4.74 Å². The normalized spacial score (nSPS) is 14.8. The molecule has 132 valence electrons. The molecule has 0 aliphatic heterocycles. The van der Waals surface area contributed by atoms with Crippen LogP contribution < -0.4 is 15.6 Å². The van der Waals surface area contributed by atoms with E-state index in [-0.39, 0.29) is 30.3 Å². The highest BCUT2D eigenvalue weighted by molar-refractivity contribution is 5.80. The zero-order valence-electron chi connectivity index (χ0n) is 13.9. The van der Waals surface area contributed by atoms with Gasteiger partial charge in [0.1, 0.15) is 11.6 Å². The molecule has 1 amide bonds. The first-order chi connectivity index (χ1) is 12.0. The molecule has 3 rings (SSSR count). The highest BCUT2D eigenvalue weighted by Gasteiger charge is 2.25. The summed E-state index contributed by atoms with van der Waals surface area (Å²) in [5.74, 6) is -0.0134. The van der Waals surface area contributed by atoms with E-state index >= 15 is 0 Å². The minimum atomic E-state index is -0.774. The number of ether oxygens (including phenoxy) is 1. The number of hydrogen-bond acceptors (Lipinski definition) is 4. The van der Waals surface area contributed by atoms with Crippen LogP contribution in [0, 0.1) is 5.82 Å². The largest absolute Gasteiger partial charge is 0.481 e. The van der Waals surface area contributed by atoms with Crippen molar-refractivity contribution in [3.63, 3.8) is 0 Å². The van der Waals surface area contributed by atoms with Gasteiger partial charge in [0, 0.05) is 24.6 Å². The molecular weight excluding hydrogens is 325 g/mol. The molecule has 0 bridgehead atoms. The monoisotopic (exact) mass is 345 g/mol. The number of benzene rings is 1. The van der Waals surface area contributed by atoms with Crippen molar-refractivity contribution in [3.8, 4) is 5.75 Å². The molecule has 1 atom stereocenters. The number of carbonyl (C=O) groups is 1. The summed E-state index contributed by atoms with van der Waals surface area (Å²) in [7, 11) is 0. The number of aromatic nitrogens is 2. The summed E-state index contributed by atoms with van der Waals surface area (Å²) >= 11 is 0. The van der Waals surface area contributed by atoms with Crippen LogP contribution in [-0.2, 0) is 11.3 Å². The maximum atomic E-state index is 13.1. The summed E-state index contributed by atoms with van der Waals surface area (Å²) in [6.45, 7) is 2.13. The zero-order chi connectivity index (χ0) is 17.8. The van der Waals surface area contributed by atoms with Crippen LogP contribution in [0.2, 0.25) is 0 Å². The van der Waals surface area contributed by atoms with E-state index in [1.807, 2.05) is 0 Å². The van der Waals surface area contributed by atoms with E-state index in [1.165, 1.54) is 28.9 Å². The molecule has 1 unspecified atom stereocenters. The molecular formula is C18H20FN3O3. The molecule has 2 aromatic rings. The molecule has 1 N–H and O–H groups in total. The first-order valence-electron chi connectivity index (χ1n) is 8.31. The number of carbonyl (C=O) groups excluding carboxylic acids is 1. The quantitative estimate of drug-likeness (QED) is 0.831. The third-order valence-electron chi connectivity index (χ3n) is 3.98. The van der Waals surface area contributed by atoms with Gasteiger partial charge in [0.25, 0.3) is 11.5 Å². The maximum absolute atomic E-state index is 13.1. The summed E-state index contributed by atoms with van der Waals surface area (Å²) in [4.78, 5) is 23.9. The molecule has 1 fully saturated rings. The SMILES string of the molecule is CC(Oc1cccc(F)c1)C(=O)NCCn1nc(C2CC2)ccc1=O. The fourth-order valence-electron chi connectivity index (χ4n) is 2.45. The molecule has 1 heterocycles. The molecule has 1 aromatic heterocycles. The van der Waals surface area contributed by atoms with Crippen LogP contribution >= 0.6 is 0 Å². The second-order valence-electron chi connectivity index (χ2n) is 6.10. The third kappa shape index (κ3) is 4.65. The van der Waals surface area contributed by atoms with Gasteiger partial charge in [0.2, 0.25) is 0 Å². The van der Waals surface area contributed by atoms with Gasteiger partial charge in [-0.15, -0.1) is 0 Å². The Morgan fingerprint density at radius 2 is 2.20 bits per heavy atom. The molecule has 6 nitrogen and oxygen atoms in total. The molecule has 1 aliphatic carbocycles. The standard InChI is InChI=1S/C18H20FN3O3/c1-12(25-15-4-2-3-14(19)11-15)18(24)20-9-10-22-17(23)8-7-16(21-22)13-5-6-13/h2-4,7-8,11-13H,5-6,9-10H2,1H3,(H,20,24). The van der Waals surface area contributed by atoms with E-state index in [2.05, 4.69) is 10.4 Å². The highest BCUT2D eigenvalue weighted by Crippen LogP contribution is 2.38. The molecule has 1 aliphatic rings. The lowest BCUT2D eigenvalue weighted by atomic mass is 10.3. The van der Waals surface area contributed by atoms with Crippen LogP contribution in [0.25, 0.3) is 0 Å². The van der Waals surface area contributed by atoms with Crippen molar-refractivity contribution in [1.29, 1.82) is 0 Å². The smallest absolute Gasteiger partial charge is 0.266 e. The predicted octanol–water partition coefficient (Wildman–Crippen LogP) is 1.84. The molecule has 25 heavy (non-hydrogen) atoms. The van der Waals surface area contributed by atoms with Gasteiger partial charge in [-0.25, -0.2) is 9.07 Å². The van der Waals surface area contributed by atoms with Crippen LogP contribution in [0.3, 0.4) is 0 Å². The number of halogens is 1. The molecule has 0 spiro atoms. The van der Waals surface area contributed by atoms with Gasteiger partial charge >= 0.3 is 0 Å². The first kappa shape index (κ1) is 17.1. The van der Waals surface area contributed by atoms with Gasteiger partial charge in [-0.05, 0) is 38.0 Å². The van der Waals surface area contributed by atoms with Crippen LogP contribution in [0.1, 0.15) is 31.4 Å². The number of amides is 1. The lowest BCUT2D eigenvalue weighted by Gasteiger charge is -2.15. The second-order valence-corrected chi connectivity index (χ2v) is 6.10. The average molecular weight is 345 g/mol. The van der Waals surface area contributed by atoms with Crippen LogP contribution in [0.4, 0.5) is 4.39 Å². The van der Waals surface area contributed by atoms with Crippen LogP contribution in [-0.4, -0.2) is 28.3 Å². The van der Waals surface area contributed by atoms with Gasteiger partial charge in [-0.2, -0.15) is 5.10 Å². The van der Waals surface area contributed by atoms with Gasteiger partial charge < -0.3 is 10.1 Å². The van der Waals surface area contributed by atoms with Crippen molar-refractivity contribution in [1.82, 2.24) is 15.1 Å². The molecule has 0 saturated heterocycles. The van der Waals surface area contributed by atoms with Crippen molar-refractivity contribution in [2.45, 2.75) is 38.3 Å². The van der Waals surface area contributed by atoms with E-state index in [0.717, 1.165) is 18.5 Å². The summed E-state index contributed by atoms with van der Waals surface area (Å²) in [6.07, 6.45) is 1.44. The molecule has 7 heteroatoms. The lowest BCUT2D eigenvalue weighted by molar-refractivity contribution is -0.127. The van der Waals surface area contributed by atoms with Crippen molar-refractivity contribution in [3.05, 3.63) is 58.3 Å². The van der Waals surface area contributed by atoms with Crippen molar-refractivity contribution >= 4 is 5.91 Å². The Hall–Kier alpha value is -2.70. The van der Waals surface area contributed by atoms with Gasteiger partial charge in [0.15, 0.2) is 6.10 Å². The Morgan fingerprint density at radius 3 is 2.92 bits per heavy atom. The zero-order valence-corrected chi connectivity index (χ0v) is 13.9. The third-order valence-corrected chi connectivity index (χ3v) is 3.98. The molecule has 1 aromatic carbocycles. The Bertz CT molecular complexity index is 817. The van der Waals surface area contributed by atoms with E-state index < -0.39 is 11.9 Å². The summed E-state index contributed by atoms with van der Waals surface area (Å²) in [5.41, 5.74) is 0.733. The van der Waals surface area contributed by atoms with E-state index in [0.29, 0.717) is 5.92 Å². The van der Waals surface area contributed by atoms with Gasteiger partial charge in [0.05, 0.1) is 12.2 Å². The number of nitrogens with zero attached hydrogens (tertiary/aromatic N) is 2. The van der Waals surface area contributed by atoms with Crippen molar-refractivity contribution < 1.29 is 13.9 Å². The molecule has 1 saturated carbocycles. The average Bonchev–Trinajstić information content (AvgIpc) is 3.41. The lowest BCUT2D eigenvalue weighted by Crippen LogP contribution is -2.39. The minimum Gasteiger partial charge on any atom is -0.481 e. The molecule has 0 radical (unpaired) electrons. The Balaban J connectivity index is 1.50. The Kier molecular flexibility index (Phi) is 5.11. The van der Waals surface area contributed by atoms with E-state index in [1.54, 1.807) is 19.1 Å². The van der Waals surface area contributed by atoms with Crippen molar-refractivity contribution in [2.24, 2.45) is 0 Å². The number of rotatable bonds is 7. The first-order valence-corrected chi connectivity index (χ1v) is 8.31. The van der Waals surface area contributed by atoms with Gasteiger partial charge in [-0.3, -0.25) is 9.59 Å². The van der Waals surface area contributed by atoms with Gasteiger partial charge in [-0.1, -0.05) is 6.07 Å². The topological polar surface area (TPSA) is 73.2 Å². The summed E-state index contributed by atoms with van der Waals surface area (Å²) < 4.78 is 19.9. The minimum absolute atomic E-state index is 0.192. The van der Waals surface area contributed by atoms with Crippen LogP contribution in [0.5, 0.6) is 5.75 Å². The summed E-state index contributed by atoms with van der Waals surface area (Å²) in [6, 6.07) is 8.90.